The second-order valence-electron chi connectivity index (χ2n) is 6.77. The zero-order valence-electron chi connectivity index (χ0n) is 16.7. The van der Waals surface area contributed by atoms with Crippen LogP contribution in [-0.2, 0) is 16.1 Å². The van der Waals surface area contributed by atoms with Gasteiger partial charge in [-0.2, -0.15) is 0 Å². The lowest BCUT2D eigenvalue weighted by atomic mass is 10.1. The molecule has 0 saturated carbocycles. The number of ether oxygens (including phenoxy) is 1. The lowest BCUT2D eigenvalue weighted by Gasteiger charge is -2.29. The van der Waals surface area contributed by atoms with Gasteiger partial charge >= 0.3 is 0 Å². The van der Waals surface area contributed by atoms with E-state index in [-0.39, 0.29) is 24.7 Å². The van der Waals surface area contributed by atoms with Crippen molar-refractivity contribution in [2.45, 2.75) is 24.3 Å². The van der Waals surface area contributed by atoms with Crippen molar-refractivity contribution in [2.75, 3.05) is 30.9 Å². The van der Waals surface area contributed by atoms with E-state index in [0.717, 1.165) is 27.6 Å². The molecule has 0 spiro atoms. The van der Waals surface area contributed by atoms with Gasteiger partial charge in [0.1, 0.15) is 5.75 Å². The summed E-state index contributed by atoms with van der Waals surface area (Å²) in [5.74, 6) is 1.60. The Balaban J connectivity index is 1.60. The summed E-state index contributed by atoms with van der Waals surface area (Å²) < 4.78 is 5.18. The average Bonchev–Trinajstić information content (AvgIpc) is 2.77. The standard InChI is InChI=1S/C23H26N2O3S/c1-3-14-24(17-18-8-10-19(28-2)11-9-18)22(26)12-13-23(27)25-15-16-29-21-7-5-4-6-20(21)25/h3-11H,1,12-17H2,2H3. The molecule has 5 nitrogen and oxygen atoms in total. The van der Waals surface area contributed by atoms with E-state index in [2.05, 4.69) is 6.58 Å². The van der Waals surface area contributed by atoms with Crippen molar-refractivity contribution >= 4 is 29.3 Å². The summed E-state index contributed by atoms with van der Waals surface area (Å²) in [6, 6.07) is 15.6. The first-order chi connectivity index (χ1) is 14.1. The summed E-state index contributed by atoms with van der Waals surface area (Å²) in [4.78, 5) is 30.2. The number of thioether (sulfide) groups is 1. The number of benzene rings is 2. The van der Waals surface area contributed by atoms with Crippen molar-refractivity contribution in [1.29, 1.82) is 0 Å². The molecular formula is C23H26N2O3S. The van der Waals surface area contributed by atoms with Crippen molar-refractivity contribution in [2.24, 2.45) is 0 Å². The second-order valence-corrected chi connectivity index (χ2v) is 7.91. The maximum atomic E-state index is 12.8. The summed E-state index contributed by atoms with van der Waals surface area (Å²) >= 11 is 1.76. The van der Waals surface area contributed by atoms with Gasteiger partial charge in [-0.05, 0) is 29.8 Å². The van der Waals surface area contributed by atoms with Crippen molar-refractivity contribution < 1.29 is 14.3 Å². The molecule has 0 aromatic heterocycles. The molecule has 1 aliphatic heterocycles. The third-order valence-electron chi connectivity index (χ3n) is 4.82. The molecule has 0 unspecified atom stereocenters. The number of methoxy groups -OCH3 is 1. The first-order valence-corrected chi connectivity index (χ1v) is 10.6. The molecule has 1 heterocycles. The summed E-state index contributed by atoms with van der Waals surface area (Å²) in [5, 5.41) is 0. The zero-order chi connectivity index (χ0) is 20.6. The molecule has 2 amide bonds. The Bertz CT molecular complexity index is 867. The smallest absolute Gasteiger partial charge is 0.227 e. The third-order valence-corrected chi connectivity index (χ3v) is 5.86. The Labute approximate surface area is 176 Å². The quantitative estimate of drug-likeness (QED) is 0.614. The van der Waals surface area contributed by atoms with E-state index in [1.165, 1.54) is 0 Å². The van der Waals surface area contributed by atoms with Crippen LogP contribution in [-0.4, -0.2) is 42.7 Å². The van der Waals surface area contributed by atoms with Gasteiger partial charge in [0.05, 0.1) is 12.8 Å². The molecule has 1 aliphatic rings. The molecule has 0 N–H and O–H groups in total. The van der Waals surface area contributed by atoms with Gasteiger partial charge in [-0.25, -0.2) is 0 Å². The van der Waals surface area contributed by atoms with Crippen molar-refractivity contribution in [3.05, 3.63) is 66.7 Å². The molecule has 2 aromatic rings. The van der Waals surface area contributed by atoms with Gasteiger partial charge in [-0.1, -0.05) is 30.3 Å². The van der Waals surface area contributed by atoms with Crippen LogP contribution < -0.4 is 9.64 Å². The third kappa shape index (κ3) is 5.41. The Morgan fingerprint density at radius 1 is 1.17 bits per heavy atom. The highest BCUT2D eigenvalue weighted by atomic mass is 32.2. The number of para-hydroxylation sites is 1. The van der Waals surface area contributed by atoms with Crippen LogP contribution in [0.1, 0.15) is 18.4 Å². The minimum Gasteiger partial charge on any atom is -0.497 e. The number of nitrogens with zero attached hydrogens (tertiary/aromatic N) is 2. The summed E-state index contributed by atoms with van der Waals surface area (Å²) in [6.45, 7) is 5.36. The molecule has 0 aliphatic carbocycles. The van der Waals surface area contributed by atoms with Crippen LogP contribution in [0.25, 0.3) is 0 Å². The van der Waals surface area contributed by atoms with Crippen LogP contribution in [0.3, 0.4) is 0 Å². The van der Waals surface area contributed by atoms with Gasteiger partial charge in [0, 0.05) is 43.1 Å². The highest BCUT2D eigenvalue weighted by molar-refractivity contribution is 7.99. The van der Waals surface area contributed by atoms with Crippen LogP contribution >= 0.6 is 11.8 Å². The molecule has 152 valence electrons. The maximum Gasteiger partial charge on any atom is 0.227 e. The molecule has 0 saturated heterocycles. The molecular weight excluding hydrogens is 384 g/mol. The molecule has 2 aromatic carbocycles. The minimum absolute atomic E-state index is 0.00546. The van der Waals surface area contributed by atoms with Crippen LogP contribution in [0.2, 0.25) is 0 Å². The fourth-order valence-electron chi connectivity index (χ4n) is 3.30. The van der Waals surface area contributed by atoms with E-state index in [4.69, 9.17) is 4.74 Å². The Morgan fingerprint density at radius 2 is 1.93 bits per heavy atom. The number of amides is 2. The molecule has 0 fully saturated rings. The predicted molar refractivity (Wildman–Crippen MR) is 117 cm³/mol. The molecule has 6 heteroatoms. The number of anilines is 1. The predicted octanol–water partition coefficient (Wildman–Crippen LogP) is 4.13. The van der Waals surface area contributed by atoms with Gasteiger partial charge in [0.25, 0.3) is 0 Å². The van der Waals surface area contributed by atoms with Crippen molar-refractivity contribution in [3.63, 3.8) is 0 Å². The Morgan fingerprint density at radius 3 is 2.66 bits per heavy atom. The summed E-state index contributed by atoms with van der Waals surface area (Å²) in [6.07, 6.45) is 2.10. The number of rotatable bonds is 8. The zero-order valence-corrected chi connectivity index (χ0v) is 17.5. The second kappa shape index (κ2) is 10.2. The number of hydrogen-bond donors (Lipinski definition) is 0. The van der Waals surface area contributed by atoms with Crippen LogP contribution in [0.15, 0.2) is 66.1 Å². The Hall–Kier alpha value is -2.73. The molecule has 0 bridgehead atoms. The summed E-state index contributed by atoms with van der Waals surface area (Å²) in [5.41, 5.74) is 1.96. The lowest BCUT2D eigenvalue weighted by Crippen LogP contribution is -2.37. The average molecular weight is 411 g/mol. The minimum atomic E-state index is -0.0475. The number of fused-ring (bicyclic) bond motifs is 1. The van der Waals surface area contributed by atoms with E-state index in [1.54, 1.807) is 34.7 Å². The van der Waals surface area contributed by atoms with E-state index < -0.39 is 0 Å². The fourth-order valence-corrected chi connectivity index (χ4v) is 4.29. The number of hydrogen-bond acceptors (Lipinski definition) is 4. The number of carbonyl (C=O) groups excluding carboxylic acids is 2. The van der Waals surface area contributed by atoms with Crippen LogP contribution in [0.5, 0.6) is 5.75 Å². The van der Waals surface area contributed by atoms with Crippen molar-refractivity contribution in [3.8, 4) is 5.75 Å². The first-order valence-electron chi connectivity index (χ1n) is 9.66. The van der Waals surface area contributed by atoms with Gasteiger partial charge in [0.15, 0.2) is 0 Å². The molecule has 0 atom stereocenters. The van der Waals surface area contributed by atoms with Gasteiger partial charge in [-0.3, -0.25) is 9.59 Å². The van der Waals surface area contributed by atoms with Gasteiger partial charge < -0.3 is 14.5 Å². The highest BCUT2D eigenvalue weighted by Crippen LogP contribution is 2.34. The monoisotopic (exact) mass is 410 g/mol. The van der Waals surface area contributed by atoms with Crippen molar-refractivity contribution in [1.82, 2.24) is 4.90 Å². The first kappa shape index (κ1) is 21.0. The van der Waals surface area contributed by atoms with Gasteiger partial charge in [0.2, 0.25) is 11.8 Å². The fraction of sp³-hybridized carbons (Fsp3) is 0.304. The van der Waals surface area contributed by atoms with Crippen LogP contribution in [0, 0.1) is 0 Å². The van der Waals surface area contributed by atoms with Gasteiger partial charge in [-0.15, -0.1) is 18.3 Å². The molecule has 29 heavy (non-hydrogen) atoms. The highest BCUT2D eigenvalue weighted by Gasteiger charge is 2.23. The lowest BCUT2D eigenvalue weighted by molar-refractivity contribution is -0.133. The normalized spacial score (nSPS) is 12.8. The van der Waals surface area contributed by atoms with E-state index in [1.807, 2.05) is 48.5 Å². The topological polar surface area (TPSA) is 49.9 Å². The number of carbonyl (C=O) groups is 2. The van der Waals surface area contributed by atoms with E-state index >= 15 is 0 Å². The van der Waals surface area contributed by atoms with Crippen LogP contribution in [0.4, 0.5) is 5.69 Å². The summed E-state index contributed by atoms with van der Waals surface area (Å²) in [7, 11) is 1.62. The largest absolute Gasteiger partial charge is 0.497 e. The van der Waals surface area contributed by atoms with E-state index in [0.29, 0.717) is 19.6 Å². The molecule has 0 radical (unpaired) electrons. The SMILES string of the molecule is C=CCN(Cc1ccc(OC)cc1)C(=O)CCC(=O)N1CCSc2ccccc21. The Kier molecular flexibility index (Phi) is 7.36. The maximum absolute atomic E-state index is 12.8. The van der Waals surface area contributed by atoms with E-state index in [9.17, 15) is 9.59 Å². The molecule has 3 rings (SSSR count).